The van der Waals surface area contributed by atoms with Gasteiger partial charge in [0.2, 0.25) is 0 Å². The molecule has 1 fully saturated rings. The number of aryl methyl sites for hydroxylation is 2. The zero-order valence-electron chi connectivity index (χ0n) is 15.0. The zero-order valence-corrected chi connectivity index (χ0v) is 15.7. The van der Waals surface area contributed by atoms with Crippen molar-refractivity contribution in [2.45, 2.75) is 32.7 Å². The van der Waals surface area contributed by atoms with E-state index in [1.54, 1.807) is 12.1 Å². The van der Waals surface area contributed by atoms with Crippen LogP contribution in [0.3, 0.4) is 0 Å². The highest BCUT2D eigenvalue weighted by atomic mass is 35.5. The first-order valence-corrected chi connectivity index (χ1v) is 8.67. The molecule has 1 aromatic carbocycles. The summed E-state index contributed by atoms with van der Waals surface area (Å²) in [5, 5.41) is 4.85. The summed E-state index contributed by atoms with van der Waals surface area (Å²) in [4.78, 5) is 15.1. The van der Waals surface area contributed by atoms with Gasteiger partial charge in [-0.25, -0.2) is 0 Å². The van der Waals surface area contributed by atoms with Gasteiger partial charge in [0.1, 0.15) is 5.75 Å². The number of aromatic nitrogens is 2. The van der Waals surface area contributed by atoms with E-state index in [0.29, 0.717) is 28.6 Å². The molecular formula is C18H23ClN4O2. The fourth-order valence-corrected chi connectivity index (χ4v) is 3.81. The lowest BCUT2D eigenvalue weighted by Gasteiger charge is -2.26. The van der Waals surface area contributed by atoms with Gasteiger partial charge in [-0.15, -0.1) is 0 Å². The lowest BCUT2D eigenvalue weighted by Crippen LogP contribution is -2.31. The number of hydrogen-bond acceptors (Lipinski definition) is 4. The van der Waals surface area contributed by atoms with E-state index in [1.807, 2.05) is 30.5 Å². The van der Waals surface area contributed by atoms with E-state index in [0.717, 1.165) is 29.8 Å². The Morgan fingerprint density at radius 2 is 2.12 bits per heavy atom. The summed E-state index contributed by atoms with van der Waals surface area (Å²) in [6.45, 7) is 4.73. The van der Waals surface area contributed by atoms with Gasteiger partial charge in [0, 0.05) is 30.9 Å². The quantitative estimate of drug-likeness (QED) is 0.850. The highest BCUT2D eigenvalue weighted by molar-refractivity contribution is 6.33. The van der Waals surface area contributed by atoms with Crippen LogP contribution < -0.4 is 10.5 Å². The molecule has 1 aliphatic heterocycles. The molecule has 2 N–H and O–H groups in total. The molecule has 1 saturated heterocycles. The van der Waals surface area contributed by atoms with Gasteiger partial charge in [0.25, 0.3) is 5.91 Å². The van der Waals surface area contributed by atoms with Crippen molar-refractivity contribution < 1.29 is 9.53 Å². The second kappa shape index (κ2) is 6.59. The molecule has 1 unspecified atom stereocenters. The molecule has 0 bridgehead atoms. The Balaban J connectivity index is 2.01. The average molecular weight is 363 g/mol. The topological polar surface area (TPSA) is 73.4 Å². The maximum atomic E-state index is 13.2. The number of nitrogen functional groups attached to an aromatic ring is 1. The number of carbonyl (C=O) groups excluding carboxylic acids is 1. The van der Waals surface area contributed by atoms with Gasteiger partial charge >= 0.3 is 0 Å². The van der Waals surface area contributed by atoms with Crippen LogP contribution >= 0.6 is 11.6 Å². The average Bonchev–Trinajstić information content (AvgIpc) is 3.13. The highest BCUT2D eigenvalue weighted by Crippen LogP contribution is 2.38. The van der Waals surface area contributed by atoms with Crippen LogP contribution in [0.5, 0.6) is 5.75 Å². The monoisotopic (exact) mass is 362 g/mol. The van der Waals surface area contributed by atoms with Crippen LogP contribution in [-0.2, 0) is 7.05 Å². The molecule has 0 spiro atoms. The molecule has 2 aromatic rings. The van der Waals surface area contributed by atoms with Crippen LogP contribution in [0.15, 0.2) is 12.1 Å². The van der Waals surface area contributed by atoms with E-state index in [1.165, 1.54) is 7.11 Å². The molecule has 25 heavy (non-hydrogen) atoms. The summed E-state index contributed by atoms with van der Waals surface area (Å²) in [5.41, 5.74) is 9.85. The number of ether oxygens (including phenoxy) is 1. The first kappa shape index (κ1) is 17.6. The van der Waals surface area contributed by atoms with Gasteiger partial charge in [-0.3, -0.25) is 9.48 Å². The molecule has 0 saturated carbocycles. The summed E-state index contributed by atoms with van der Waals surface area (Å²) in [6, 6.07) is 3.21. The fraction of sp³-hybridized carbons (Fsp3) is 0.444. The number of rotatable bonds is 3. The standard InChI is InChI=1S/C18H23ClN4O2/c1-10-17(11(2)22(3)21-10)15-6-5-7-23(15)18(24)12-8-13(19)14(20)9-16(12)25-4/h8-9,15H,5-7,20H2,1-4H3. The van der Waals surface area contributed by atoms with Gasteiger partial charge in [-0.2, -0.15) is 5.10 Å². The molecular weight excluding hydrogens is 340 g/mol. The molecule has 6 nitrogen and oxygen atoms in total. The number of nitrogens with zero attached hydrogens (tertiary/aromatic N) is 3. The van der Waals surface area contributed by atoms with Crippen molar-refractivity contribution in [3.05, 3.63) is 39.7 Å². The van der Waals surface area contributed by atoms with Gasteiger partial charge in [-0.1, -0.05) is 11.6 Å². The maximum Gasteiger partial charge on any atom is 0.258 e. The molecule has 7 heteroatoms. The summed E-state index contributed by atoms with van der Waals surface area (Å²) >= 11 is 6.14. The Morgan fingerprint density at radius 1 is 1.40 bits per heavy atom. The van der Waals surface area contributed by atoms with Crippen molar-refractivity contribution in [1.82, 2.24) is 14.7 Å². The van der Waals surface area contributed by atoms with E-state index < -0.39 is 0 Å². The highest BCUT2D eigenvalue weighted by Gasteiger charge is 2.35. The number of benzene rings is 1. The fourth-order valence-electron chi connectivity index (χ4n) is 3.64. The Kier molecular flexibility index (Phi) is 4.64. The minimum atomic E-state index is -0.0936. The number of amides is 1. The second-order valence-electron chi connectivity index (χ2n) is 6.44. The number of likely N-dealkylation sites (tertiary alicyclic amines) is 1. The van der Waals surface area contributed by atoms with Crippen LogP contribution in [0.1, 0.15) is 46.2 Å². The summed E-state index contributed by atoms with van der Waals surface area (Å²) in [7, 11) is 3.45. The maximum absolute atomic E-state index is 13.2. The third kappa shape index (κ3) is 2.95. The lowest BCUT2D eigenvalue weighted by molar-refractivity contribution is 0.0731. The predicted molar refractivity (Wildman–Crippen MR) is 98.1 cm³/mol. The van der Waals surface area contributed by atoms with Crippen molar-refractivity contribution in [3.8, 4) is 5.75 Å². The third-order valence-electron chi connectivity index (χ3n) is 4.96. The van der Waals surface area contributed by atoms with E-state index >= 15 is 0 Å². The number of carbonyl (C=O) groups is 1. The Labute approximate surface area is 152 Å². The van der Waals surface area contributed by atoms with Crippen LogP contribution in [-0.4, -0.2) is 34.2 Å². The normalized spacial score (nSPS) is 17.2. The second-order valence-corrected chi connectivity index (χ2v) is 6.85. The number of halogens is 1. The molecule has 1 atom stereocenters. The molecule has 1 aromatic heterocycles. The first-order chi connectivity index (χ1) is 11.8. The number of hydrogen-bond donors (Lipinski definition) is 1. The largest absolute Gasteiger partial charge is 0.496 e. The van der Waals surface area contributed by atoms with Crippen molar-refractivity contribution >= 4 is 23.2 Å². The zero-order chi connectivity index (χ0) is 18.3. The minimum Gasteiger partial charge on any atom is -0.496 e. The van der Waals surface area contributed by atoms with E-state index in [4.69, 9.17) is 22.1 Å². The van der Waals surface area contributed by atoms with Crippen molar-refractivity contribution in [2.24, 2.45) is 7.05 Å². The van der Waals surface area contributed by atoms with E-state index in [-0.39, 0.29) is 11.9 Å². The molecule has 2 heterocycles. The van der Waals surface area contributed by atoms with Crippen LogP contribution in [0.25, 0.3) is 0 Å². The Bertz CT molecular complexity index is 831. The molecule has 0 aliphatic carbocycles. The van der Waals surface area contributed by atoms with E-state index in [9.17, 15) is 4.79 Å². The molecule has 1 aliphatic rings. The van der Waals surface area contributed by atoms with Crippen LogP contribution in [0.2, 0.25) is 5.02 Å². The summed E-state index contributed by atoms with van der Waals surface area (Å²) in [6.07, 6.45) is 1.87. The Morgan fingerprint density at radius 3 is 2.72 bits per heavy atom. The van der Waals surface area contributed by atoms with Gasteiger partial charge in [0.05, 0.1) is 35.1 Å². The number of anilines is 1. The van der Waals surface area contributed by atoms with Crippen molar-refractivity contribution in [1.29, 1.82) is 0 Å². The van der Waals surface area contributed by atoms with E-state index in [2.05, 4.69) is 5.10 Å². The lowest BCUT2D eigenvalue weighted by atomic mass is 10.0. The first-order valence-electron chi connectivity index (χ1n) is 8.29. The molecule has 1 amide bonds. The number of methoxy groups -OCH3 is 1. The molecule has 0 radical (unpaired) electrons. The molecule has 3 rings (SSSR count). The van der Waals surface area contributed by atoms with Crippen LogP contribution in [0.4, 0.5) is 5.69 Å². The van der Waals surface area contributed by atoms with Crippen molar-refractivity contribution in [2.75, 3.05) is 19.4 Å². The molecule has 134 valence electrons. The van der Waals surface area contributed by atoms with Gasteiger partial charge in [-0.05, 0) is 32.8 Å². The summed E-state index contributed by atoms with van der Waals surface area (Å²) < 4.78 is 7.22. The number of nitrogens with two attached hydrogens (primary N) is 1. The third-order valence-corrected chi connectivity index (χ3v) is 5.29. The smallest absolute Gasteiger partial charge is 0.258 e. The summed E-state index contributed by atoms with van der Waals surface area (Å²) in [5.74, 6) is 0.348. The van der Waals surface area contributed by atoms with Gasteiger partial charge < -0.3 is 15.4 Å². The van der Waals surface area contributed by atoms with Crippen molar-refractivity contribution in [3.63, 3.8) is 0 Å². The predicted octanol–water partition coefficient (Wildman–Crippen LogP) is 3.26. The SMILES string of the molecule is COc1cc(N)c(Cl)cc1C(=O)N1CCCC1c1c(C)nn(C)c1C. The van der Waals surface area contributed by atoms with Crippen LogP contribution in [0, 0.1) is 13.8 Å². The minimum absolute atomic E-state index is 0.0160. The Hall–Kier alpha value is -2.21. The van der Waals surface area contributed by atoms with Gasteiger partial charge in [0.15, 0.2) is 0 Å².